The van der Waals surface area contributed by atoms with Crippen LogP contribution >= 0.6 is 0 Å². The van der Waals surface area contributed by atoms with Gasteiger partial charge >= 0.3 is 0 Å². The van der Waals surface area contributed by atoms with Crippen LogP contribution in [0.4, 0.5) is 0 Å². The van der Waals surface area contributed by atoms with E-state index in [0.717, 1.165) is 5.57 Å². The molecule has 0 unspecified atom stereocenters. The summed E-state index contributed by atoms with van der Waals surface area (Å²) in [6.07, 6.45) is 1.52. The molecule has 0 bridgehead atoms. The van der Waals surface area contributed by atoms with Crippen LogP contribution < -0.4 is 4.74 Å². The van der Waals surface area contributed by atoms with E-state index in [2.05, 4.69) is 10.2 Å². The molecule has 1 heterocycles. The first-order valence-corrected chi connectivity index (χ1v) is 4.20. The molecule has 1 aromatic heterocycles. The summed E-state index contributed by atoms with van der Waals surface area (Å²) in [7, 11) is 1.50. The highest BCUT2D eigenvalue weighted by molar-refractivity contribution is 6.03. The Morgan fingerprint density at radius 1 is 1.36 bits per heavy atom. The normalized spacial score (nSPS) is 9.36. The Hall–Kier alpha value is -1.71. The molecule has 0 aromatic carbocycles. The van der Waals surface area contributed by atoms with E-state index >= 15 is 0 Å². The quantitative estimate of drug-likeness (QED) is 0.539. The van der Waals surface area contributed by atoms with Crippen LogP contribution in [0.3, 0.4) is 0 Å². The van der Waals surface area contributed by atoms with Crippen LogP contribution in [0, 0.1) is 0 Å². The van der Waals surface area contributed by atoms with E-state index < -0.39 is 0 Å². The van der Waals surface area contributed by atoms with Gasteiger partial charge in [-0.05, 0) is 26.0 Å². The van der Waals surface area contributed by atoms with Gasteiger partial charge in [0.25, 0.3) is 0 Å². The first-order chi connectivity index (χ1) is 6.63. The molecule has 0 atom stereocenters. The highest BCUT2D eigenvalue weighted by Crippen LogP contribution is 2.05. The molecule has 1 rings (SSSR count). The van der Waals surface area contributed by atoms with E-state index in [-0.39, 0.29) is 5.78 Å². The first kappa shape index (κ1) is 10.4. The third-order valence-corrected chi connectivity index (χ3v) is 1.52. The third kappa shape index (κ3) is 2.65. The number of carbonyl (C=O) groups is 1. The number of aromatic nitrogens is 2. The van der Waals surface area contributed by atoms with Crippen LogP contribution in [0.15, 0.2) is 23.8 Å². The van der Waals surface area contributed by atoms with Crippen LogP contribution in [0.2, 0.25) is 0 Å². The zero-order valence-electron chi connectivity index (χ0n) is 8.44. The van der Waals surface area contributed by atoms with Crippen LogP contribution in [0.25, 0.3) is 0 Å². The van der Waals surface area contributed by atoms with Gasteiger partial charge in [0.15, 0.2) is 0 Å². The number of ketones is 1. The molecule has 0 spiro atoms. The second-order valence-corrected chi connectivity index (χ2v) is 3.05. The number of carbonyl (C=O) groups excluding carboxylic acids is 1. The van der Waals surface area contributed by atoms with E-state index in [1.54, 1.807) is 12.1 Å². The number of rotatable bonds is 3. The smallest absolute Gasteiger partial charge is 0.233 e. The van der Waals surface area contributed by atoms with Crippen molar-refractivity contribution < 1.29 is 9.53 Å². The lowest BCUT2D eigenvalue weighted by Gasteiger charge is -1.97. The fraction of sp³-hybridized carbons (Fsp3) is 0.300. The van der Waals surface area contributed by atoms with Gasteiger partial charge in [0.2, 0.25) is 11.7 Å². The largest absolute Gasteiger partial charge is 0.480 e. The number of hydrogen-bond acceptors (Lipinski definition) is 4. The molecule has 74 valence electrons. The van der Waals surface area contributed by atoms with Gasteiger partial charge in [-0.15, -0.1) is 10.2 Å². The van der Waals surface area contributed by atoms with Gasteiger partial charge in [-0.3, -0.25) is 4.79 Å². The Morgan fingerprint density at radius 2 is 2.07 bits per heavy atom. The molecule has 14 heavy (non-hydrogen) atoms. The van der Waals surface area contributed by atoms with Crippen molar-refractivity contribution in [2.45, 2.75) is 13.8 Å². The van der Waals surface area contributed by atoms with Crippen molar-refractivity contribution >= 4 is 5.78 Å². The van der Waals surface area contributed by atoms with Crippen LogP contribution in [0.5, 0.6) is 5.88 Å². The lowest BCUT2D eigenvalue weighted by atomic mass is 10.2. The molecular weight excluding hydrogens is 180 g/mol. The third-order valence-electron chi connectivity index (χ3n) is 1.52. The standard InChI is InChI=1S/C10H12N2O2/c1-7(2)6-9(13)8-4-5-10(14-3)12-11-8/h4-6H,1-3H3. The van der Waals surface area contributed by atoms with E-state index in [1.165, 1.54) is 13.2 Å². The minimum Gasteiger partial charge on any atom is -0.480 e. The summed E-state index contributed by atoms with van der Waals surface area (Å²) in [5.74, 6) is 0.263. The van der Waals surface area contributed by atoms with E-state index in [9.17, 15) is 4.79 Å². The molecule has 4 nitrogen and oxygen atoms in total. The Labute approximate surface area is 82.6 Å². The van der Waals surface area contributed by atoms with Gasteiger partial charge in [0.05, 0.1) is 7.11 Å². The number of nitrogens with zero attached hydrogens (tertiary/aromatic N) is 2. The van der Waals surface area contributed by atoms with E-state index in [0.29, 0.717) is 11.6 Å². The molecule has 4 heteroatoms. The minimum absolute atomic E-state index is 0.139. The van der Waals surface area contributed by atoms with Crippen LogP contribution in [-0.2, 0) is 0 Å². The van der Waals surface area contributed by atoms with Gasteiger partial charge in [0, 0.05) is 6.07 Å². The molecule has 0 aliphatic heterocycles. The van der Waals surface area contributed by atoms with Gasteiger partial charge in [-0.1, -0.05) is 5.57 Å². The molecule has 0 N–H and O–H groups in total. The van der Waals surface area contributed by atoms with Crippen molar-refractivity contribution in [1.82, 2.24) is 10.2 Å². The van der Waals surface area contributed by atoms with Crippen molar-refractivity contribution in [3.05, 3.63) is 29.5 Å². The Balaban J connectivity index is 2.87. The predicted molar refractivity (Wildman–Crippen MR) is 52.3 cm³/mol. The van der Waals surface area contributed by atoms with Crippen molar-refractivity contribution in [1.29, 1.82) is 0 Å². The Bertz CT molecular complexity index is 351. The average molecular weight is 192 g/mol. The molecule has 0 saturated carbocycles. The van der Waals surface area contributed by atoms with E-state index in [4.69, 9.17) is 4.74 Å². The van der Waals surface area contributed by atoms with Crippen molar-refractivity contribution in [2.24, 2.45) is 0 Å². The number of ether oxygens (including phenoxy) is 1. The van der Waals surface area contributed by atoms with Crippen LogP contribution in [-0.4, -0.2) is 23.1 Å². The van der Waals surface area contributed by atoms with Gasteiger partial charge in [-0.25, -0.2) is 0 Å². The molecule has 0 aliphatic carbocycles. The Morgan fingerprint density at radius 3 is 2.50 bits per heavy atom. The number of allylic oxidation sites excluding steroid dienone is 2. The monoisotopic (exact) mass is 192 g/mol. The van der Waals surface area contributed by atoms with Crippen molar-refractivity contribution in [3.63, 3.8) is 0 Å². The fourth-order valence-electron chi connectivity index (χ4n) is 0.896. The summed E-state index contributed by atoms with van der Waals surface area (Å²) >= 11 is 0. The first-order valence-electron chi connectivity index (χ1n) is 4.20. The van der Waals surface area contributed by atoms with Gasteiger partial charge < -0.3 is 4.74 Å². The minimum atomic E-state index is -0.139. The second-order valence-electron chi connectivity index (χ2n) is 3.05. The maximum absolute atomic E-state index is 11.4. The average Bonchev–Trinajstić information content (AvgIpc) is 2.17. The van der Waals surface area contributed by atoms with Crippen molar-refractivity contribution in [2.75, 3.05) is 7.11 Å². The lowest BCUT2D eigenvalue weighted by Crippen LogP contribution is -2.01. The zero-order chi connectivity index (χ0) is 10.6. The maximum atomic E-state index is 11.4. The summed E-state index contributed by atoms with van der Waals surface area (Å²) in [4.78, 5) is 11.4. The summed E-state index contributed by atoms with van der Waals surface area (Å²) in [6.45, 7) is 3.71. The molecule has 0 aliphatic rings. The maximum Gasteiger partial charge on any atom is 0.233 e. The van der Waals surface area contributed by atoms with E-state index in [1.807, 2.05) is 13.8 Å². The predicted octanol–water partition coefficient (Wildman–Crippen LogP) is 1.63. The lowest BCUT2D eigenvalue weighted by molar-refractivity contribution is 0.104. The zero-order valence-corrected chi connectivity index (χ0v) is 8.44. The summed E-state index contributed by atoms with van der Waals surface area (Å²) in [6, 6.07) is 3.20. The second kappa shape index (κ2) is 4.50. The summed E-state index contributed by atoms with van der Waals surface area (Å²) in [5, 5.41) is 7.44. The number of methoxy groups -OCH3 is 1. The molecular formula is C10H12N2O2. The molecule has 0 radical (unpaired) electrons. The van der Waals surface area contributed by atoms with Gasteiger partial charge in [0.1, 0.15) is 5.69 Å². The topological polar surface area (TPSA) is 52.1 Å². The molecule has 1 aromatic rings. The summed E-state index contributed by atoms with van der Waals surface area (Å²) < 4.78 is 4.83. The Kier molecular flexibility index (Phi) is 3.34. The fourth-order valence-corrected chi connectivity index (χ4v) is 0.896. The van der Waals surface area contributed by atoms with Gasteiger partial charge in [-0.2, -0.15) is 0 Å². The van der Waals surface area contributed by atoms with Crippen LogP contribution in [0.1, 0.15) is 24.3 Å². The number of hydrogen-bond donors (Lipinski definition) is 0. The molecule has 0 fully saturated rings. The van der Waals surface area contributed by atoms with Crippen molar-refractivity contribution in [3.8, 4) is 5.88 Å². The summed E-state index contributed by atoms with van der Waals surface area (Å²) in [5.41, 5.74) is 1.26. The SMILES string of the molecule is COc1ccc(C(=O)C=C(C)C)nn1. The molecule has 0 amide bonds. The highest BCUT2D eigenvalue weighted by atomic mass is 16.5. The highest BCUT2D eigenvalue weighted by Gasteiger charge is 2.04. The molecule has 0 saturated heterocycles.